The molecular formula is C21H22N2O5. The maximum atomic E-state index is 13.7. The van der Waals surface area contributed by atoms with E-state index in [0.29, 0.717) is 29.9 Å². The molecule has 28 heavy (non-hydrogen) atoms. The first-order valence-corrected chi connectivity index (χ1v) is 9.35. The minimum absolute atomic E-state index is 0.107. The fraction of sp³-hybridized carbons (Fsp3) is 0.381. The van der Waals surface area contributed by atoms with Crippen LogP contribution in [0.25, 0.3) is 0 Å². The molecule has 1 atom stereocenters. The van der Waals surface area contributed by atoms with Crippen molar-refractivity contribution in [1.29, 1.82) is 0 Å². The summed E-state index contributed by atoms with van der Waals surface area (Å²) in [5, 5.41) is 0. The van der Waals surface area contributed by atoms with Gasteiger partial charge in [-0.3, -0.25) is 9.59 Å². The van der Waals surface area contributed by atoms with Crippen LogP contribution in [0, 0.1) is 6.92 Å². The second-order valence-electron chi connectivity index (χ2n) is 7.27. The Balaban J connectivity index is 2.12. The molecule has 1 amide bonds. The topological polar surface area (TPSA) is 98.9 Å². The van der Waals surface area contributed by atoms with E-state index >= 15 is 0 Å². The Kier molecular flexibility index (Phi) is 4.06. The highest BCUT2D eigenvalue weighted by Gasteiger charge is 2.63. The fourth-order valence-corrected chi connectivity index (χ4v) is 4.49. The summed E-state index contributed by atoms with van der Waals surface area (Å²) in [4.78, 5) is 41.2. The molecule has 0 radical (unpaired) electrons. The van der Waals surface area contributed by atoms with E-state index in [1.165, 1.54) is 4.90 Å². The van der Waals surface area contributed by atoms with Crippen LogP contribution in [0.1, 0.15) is 37.3 Å². The zero-order valence-corrected chi connectivity index (χ0v) is 16.1. The van der Waals surface area contributed by atoms with E-state index in [1.54, 1.807) is 14.0 Å². The van der Waals surface area contributed by atoms with Gasteiger partial charge in [-0.2, -0.15) is 0 Å². The summed E-state index contributed by atoms with van der Waals surface area (Å²) >= 11 is 0. The van der Waals surface area contributed by atoms with Gasteiger partial charge in [0.25, 0.3) is 0 Å². The predicted octanol–water partition coefficient (Wildman–Crippen LogP) is 1.98. The summed E-state index contributed by atoms with van der Waals surface area (Å²) in [6.45, 7) is 3.67. The van der Waals surface area contributed by atoms with Crippen LogP contribution in [0.4, 0.5) is 5.69 Å². The molecule has 3 aliphatic rings. The van der Waals surface area contributed by atoms with Gasteiger partial charge in [-0.1, -0.05) is 17.7 Å². The molecule has 2 aliphatic heterocycles. The second-order valence-corrected chi connectivity index (χ2v) is 7.27. The molecule has 0 fully saturated rings. The smallest absolute Gasteiger partial charge is 0.341 e. The van der Waals surface area contributed by atoms with Crippen molar-refractivity contribution in [3.8, 4) is 0 Å². The molecule has 0 aromatic heterocycles. The van der Waals surface area contributed by atoms with Crippen LogP contribution in [0.5, 0.6) is 0 Å². The first-order valence-electron chi connectivity index (χ1n) is 9.35. The minimum atomic E-state index is -1.63. The third-order valence-corrected chi connectivity index (χ3v) is 5.62. The number of anilines is 1. The number of Topliss-reactive ketones (excluding diaryl/α,β-unsaturated/α-hetero) is 1. The van der Waals surface area contributed by atoms with Crippen LogP contribution in [-0.4, -0.2) is 31.3 Å². The Morgan fingerprint density at radius 2 is 2.07 bits per heavy atom. The monoisotopic (exact) mass is 382 g/mol. The van der Waals surface area contributed by atoms with E-state index in [0.717, 1.165) is 5.56 Å². The molecule has 2 N–H and O–H groups in total. The predicted molar refractivity (Wildman–Crippen MR) is 101 cm³/mol. The normalized spacial score (nSPS) is 23.8. The number of hydrogen-bond donors (Lipinski definition) is 1. The Labute approximate surface area is 162 Å². The lowest BCUT2D eigenvalue weighted by Crippen LogP contribution is -2.50. The summed E-state index contributed by atoms with van der Waals surface area (Å²) in [6.07, 6.45) is 1.39. The number of fused-ring (bicyclic) bond motifs is 3. The van der Waals surface area contributed by atoms with E-state index in [2.05, 4.69) is 0 Å². The highest BCUT2D eigenvalue weighted by Crippen LogP contribution is 2.55. The standard InChI is InChI=1S/C21H22N2O5/c1-4-27-19(25)17-18(22)28-15-7-5-6-14(24)16(15)21(17)12-10-11(2)8-9-13(12)23(3)20(21)26/h8-10H,4-7,22H2,1-3H3/t21-/m1/s1. The summed E-state index contributed by atoms with van der Waals surface area (Å²) in [5.74, 6) is -1.15. The van der Waals surface area contributed by atoms with Crippen LogP contribution in [0.3, 0.4) is 0 Å². The van der Waals surface area contributed by atoms with Crippen LogP contribution in [0.2, 0.25) is 0 Å². The van der Waals surface area contributed by atoms with E-state index in [-0.39, 0.29) is 35.8 Å². The average molecular weight is 382 g/mol. The molecule has 1 aliphatic carbocycles. The third-order valence-electron chi connectivity index (χ3n) is 5.62. The van der Waals surface area contributed by atoms with Gasteiger partial charge in [0.2, 0.25) is 11.8 Å². The van der Waals surface area contributed by atoms with Crippen molar-refractivity contribution in [2.75, 3.05) is 18.6 Å². The van der Waals surface area contributed by atoms with E-state index in [4.69, 9.17) is 15.2 Å². The van der Waals surface area contributed by atoms with E-state index in [9.17, 15) is 14.4 Å². The largest absolute Gasteiger partial charge is 0.462 e. The Hall–Kier alpha value is -3.09. The summed E-state index contributed by atoms with van der Waals surface area (Å²) in [7, 11) is 1.63. The van der Waals surface area contributed by atoms with Crippen molar-refractivity contribution >= 4 is 23.3 Å². The Morgan fingerprint density at radius 3 is 2.79 bits per heavy atom. The first-order chi connectivity index (χ1) is 13.3. The number of nitrogens with two attached hydrogens (primary N) is 1. The number of carbonyl (C=O) groups excluding carboxylic acids is 3. The number of benzene rings is 1. The zero-order valence-electron chi connectivity index (χ0n) is 16.1. The maximum absolute atomic E-state index is 13.7. The second kappa shape index (κ2) is 6.22. The highest BCUT2D eigenvalue weighted by atomic mass is 16.5. The van der Waals surface area contributed by atoms with Gasteiger partial charge in [0.05, 0.1) is 12.2 Å². The molecule has 0 bridgehead atoms. The highest BCUT2D eigenvalue weighted by molar-refractivity contribution is 6.23. The molecule has 2 heterocycles. The molecular weight excluding hydrogens is 360 g/mol. The van der Waals surface area contributed by atoms with E-state index < -0.39 is 17.3 Å². The van der Waals surface area contributed by atoms with Crippen LogP contribution < -0.4 is 10.6 Å². The lowest BCUT2D eigenvalue weighted by molar-refractivity contribution is -0.141. The van der Waals surface area contributed by atoms with Gasteiger partial charge in [0.1, 0.15) is 16.7 Å². The van der Waals surface area contributed by atoms with Gasteiger partial charge < -0.3 is 20.1 Å². The minimum Gasteiger partial charge on any atom is -0.462 e. The summed E-state index contributed by atoms with van der Waals surface area (Å²) < 4.78 is 10.9. The quantitative estimate of drug-likeness (QED) is 0.786. The number of allylic oxidation sites excluding steroid dienone is 1. The molecule has 146 valence electrons. The van der Waals surface area contributed by atoms with Crippen molar-refractivity contribution in [3.05, 3.63) is 52.1 Å². The number of ketones is 1. The van der Waals surface area contributed by atoms with Crippen molar-refractivity contribution in [2.45, 2.75) is 38.5 Å². The third kappa shape index (κ3) is 2.19. The number of hydrogen-bond acceptors (Lipinski definition) is 6. The van der Waals surface area contributed by atoms with Gasteiger partial charge in [-0.25, -0.2) is 4.79 Å². The Bertz CT molecular complexity index is 991. The van der Waals surface area contributed by atoms with Crippen molar-refractivity contribution in [3.63, 3.8) is 0 Å². The summed E-state index contributed by atoms with van der Waals surface area (Å²) in [5.41, 5.74) is 6.75. The number of amides is 1. The molecule has 1 spiro atoms. The van der Waals surface area contributed by atoms with Crippen LogP contribution in [-0.2, 0) is 29.3 Å². The van der Waals surface area contributed by atoms with Crippen LogP contribution in [0.15, 0.2) is 41.0 Å². The number of carbonyl (C=O) groups is 3. The zero-order chi connectivity index (χ0) is 20.2. The SMILES string of the molecule is CCOC(=O)C1=C(N)OC2=C(C(=O)CCC2)[C@@]12C(=O)N(C)c1ccc(C)cc12. The van der Waals surface area contributed by atoms with Crippen molar-refractivity contribution < 1.29 is 23.9 Å². The van der Waals surface area contributed by atoms with Gasteiger partial charge in [0, 0.05) is 31.1 Å². The molecule has 0 saturated carbocycles. The number of esters is 1. The number of ether oxygens (including phenoxy) is 2. The molecule has 0 saturated heterocycles. The van der Waals surface area contributed by atoms with Gasteiger partial charge in [-0.05, 0) is 26.3 Å². The van der Waals surface area contributed by atoms with Crippen molar-refractivity contribution in [2.24, 2.45) is 5.73 Å². The molecule has 0 unspecified atom stereocenters. The van der Waals surface area contributed by atoms with Crippen molar-refractivity contribution in [1.82, 2.24) is 0 Å². The lowest BCUT2D eigenvalue weighted by atomic mass is 9.64. The fourth-order valence-electron chi connectivity index (χ4n) is 4.49. The average Bonchev–Trinajstić information content (AvgIpc) is 2.84. The molecule has 7 nitrogen and oxygen atoms in total. The van der Waals surface area contributed by atoms with E-state index in [1.807, 2.05) is 25.1 Å². The number of aryl methyl sites for hydroxylation is 1. The molecule has 7 heteroatoms. The first kappa shape index (κ1) is 18.3. The lowest BCUT2D eigenvalue weighted by Gasteiger charge is -2.38. The maximum Gasteiger partial charge on any atom is 0.341 e. The molecule has 1 aromatic rings. The number of nitrogens with zero attached hydrogens (tertiary/aromatic N) is 1. The van der Waals surface area contributed by atoms with Crippen LogP contribution >= 0.6 is 0 Å². The number of rotatable bonds is 2. The van der Waals surface area contributed by atoms with Gasteiger partial charge in [-0.15, -0.1) is 0 Å². The molecule has 4 rings (SSSR count). The Morgan fingerprint density at radius 1 is 1.32 bits per heavy atom. The van der Waals surface area contributed by atoms with Gasteiger partial charge >= 0.3 is 5.97 Å². The summed E-state index contributed by atoms with van der Waals surface area (Å²) in [6, 6.07) is 5.54. The molecule has 1 aromatic carbocycles. The number of likely N-dealkylation sites (N-methyl/N-ethyl adjacent to an activating group) is 1. The van der Waals surface area contributed by atoms with Gasteiger partial charge in [0.15, 0.2) is 5.78 Å².